The van der Waals surface area contributed by atoms with Gasteiger partial charge in [-0.2, -0.15) is 0 Å². The summed E-state index contributed by atoms with van der Waals surface area (Å²) in [6.07, 6.45) is 3.71. The van der Waals surface area contributed by atoms with Gasteiger partial charge in [-0.15, -0.1) is 0 Å². The quantitative estimate of drug-likeness (QED) is 0.568. The Balaban J connectivity index is 1.88. The van der Waals surface area contributed by atoms with Crippen molar-refractivity contribution < 1.29 is 28.3 Å². The number of imide groups is 2. The number of hydrogen-bond donors (Lipinski definition) is 1. The number of nitrogens with one attached hydrogen (secondary N) is 1. The Bertz CT molecular complexity index is 948. The first kappa shape index (κ1) is 20.2. The van der Waals surface area contributed by atoms with Crippen molar-refractivity contribution in [2.24, 2.45) is 0 Å². The van der Waals surface area contributed by atoms with Crippen molar-refractivity contribution in [2.75, 3.05) is 7.11 Å². The van der Waals surface area contributed by atoms with Gasteiger partial charge in [0.15, 0.2) is 11.5 Å². The number of urea groups is 1. The molecule has 8 heteroatoms. The molecule has 0 aliphatic carbocycles. The van der Waals surface area contributed by atoms with E-state index in [9.17, 15) is 14.4 Å². The van der Waals surface area contributed by atoms with Gasteiger partial charge in [0.05, 0.1) is 26.0 Å². The van der Waals surface area contributed by atoms with Crippen molar-refractivity contribution in [3.63, 3.8) is 0 Å². The standard InChI is InChI=1S/C21H22N2O6/c1-4-13(2)29-17-8-7-14(11-18(17)27-3)10-16-19(24)22-21(26)23(20(16)25)12-15-6-5-9-28-15/h5-11,13H,4,12H2,1-3H3,(H,22,24,26). The van der Waals surface area contributed by atoms with E-state index in [0.717, 1.165) is 11.3 Å². The van der Waals surface area contributed by atoms with Crippen LogP contribution in [0.4, 0.5) is 4.79 Å². The SMILES string of the molecule is CCC(C)Oc1ccc(C=C2C(=O)NC(=O)N(Cc3ccco3)C2=O)cc1OC. The summed E-state index contributed by atoms with van der Waals surface area (Å²) in [6, 6.07) is 7.59. The molecule has 1 aromatic carbocycles. The Kier molecular flexibility index (Phi) is 6.01. The van der Waals surface area contributed by atoms with E-state index in [1.165, 1.54) is 19.4 Å². The van der Waals surface area contributed by atoms with E-state index in [4.69, 9.17) is 13.9 Å². The fourth-order valence-corrected chi connectivity index (χ4v) is 2.73. The number of rotatable bonds is 7. The molecule has 4 amide bonds. The zero-order chi connectivity index (χ0) is 21.0. The molecule has 29 heavy (non-hydrogen) atoms. The first-order chi connectivity index (χ1) is 13.9. The van der Waals surface area contributed by atoms with Gasteiger partial charge < -0.3 is 13.9 Å². The summed E-state index contributed by atoms with van der Waals surface area (Å²) in [5.41, 5.74) is 0.401. The molecule has 1 aromatic heterocycles. The lowest BCUT2D eigenvalue weighted by Gasteiger charge is -2.25. The molecular formula is C21H22N2O6. The third-order valence-corrected chi connectivity index (χ3v) is 4.48. The monoisotopic (exact) mass is 398 g/mol. The highest BCUT2D eigenvalue weighted by molar-refractivity contribution is 6.30. The van der Waals surface area contributed by atoms with Gasteiger partial charge in [0, 0.05) is 0 Å². The molecule has 0 spiro atoms. The number of hydrogen-bond acceptors (Lipinski definition) is 6. The molecular weight excluding hydrogens is 376 g/mol. The molecule has 1 N–H and O–H groups in total. The van der Waals surface area contributed by atoms with Crippen LogP contribution in [0.15, 0.2) is 46.6 Å². The molecule has 1 aliphatic heterocycles. The van der Waals surface area contributed by atoms with Crippen molar-refractivity contribution in [1.82, 2.24) is 10.2 Å². The molecule has 1 unspecified atom stereocenters. The van der Waals surface area contributed by atoms with Gasteiger partial charge in [-0.3, -0.25) is 19.8 Å². The van der Waals surface area contributed by atoms with E-state index in [1.807, 2.05) is 13.8 Å². The van der Waals surface area contributed by atoms with Gasteiger partial charge in [0.1, 0.15) is 11.3 Å². The van der Waals surface area contributed by atoms with E-state index >= 15 is 0 Å². The summed E-state index contributed by atoms with van der Waals surface area (Å²) in [5, 5.41) is 2.18. The second kappa shape index (κ2) is 8.64. The van der Waals surface area contributed by atoms with Crippen molar-refractivity contribution in [1.29, 1.82) is 0 Å². The Labute approximate surface area is 168 Å². The molecule has 152 valence electrons. The van der Waals surface area contributed by atoms with Crippen molar-refractivity contribution >= 4 is 23.9 Å². The van der Waals surface area contributed by atoms with E-state index in [0.29, 0.717) is 22.8 Å². The number of amides is 4. The predicted molar refractivity (Wildman–Crippen MR) is 104 cm³/mol. The second-order valence-corrected chi connectivity index (χ2v) is 6.53. The minimum atomic E-state index is -0.788. The third-order valence-electron chi connectivity index (χ3n) is 4.48. The van der Waals surface area contributed by atoms with Crippen LogP contribution in [0, 0.1) is 0 Å². The van der Waals surface area contributed by atoms with Gasteiger partial charge >= 0.3 is 6.03 Å². The number of ether oxygens (including phenoxy) is 2. The topological polar surface area (TPSA) is 98.1 Å². The first-order valence-corrected chi connectivity index (χ1v) is 9.18. The second-order valence-electron chi connectivity index (χ2n) is 6.53. The van der Waals surface area contributed by atoms with Gasteiger partial charge in [-0.25, -0.2) is 4.79 Å². The van der Waals surface area contributed by atoms with E-state index in [1.54, 1.807) is 30.3 Å². The molecule has 2 aromatic rings. The zero-order valence-electron chi connectivity index (χ0n) is 16.4. The number of benzene rings is 1. The molecule has 1 aliphatic rings. The number of barbiturate groups is 1. The molecule has 1 fully saturated rings. The van der Waals surface area contributed by atoms with E-state index < -0.39 is 17.8 Å². The van der Waals surface area contributed by atoms with Crippen LogP contribution in [0.2, 0.25) is 0 Å². The lowest BCUT2D eigenvalue weighted by atomic mass is 10.1. The Morgan fingerprint density at radius 1 is 1.21 bits per heavy atom. The van der Waals surface area contributed by atoms with Crippen LogP contribution < -0.4 is 14.8 Å². The Morgan fingerprint density at radius 3 is 2.66 bits per heavy atom. The van der Waals surface area contributed by atoms with E-state index in [2.05, 4.69) is 5.32 Å². The van der Waals surface area contributed by atoms with Crippen LogP contribution in [0.1, 0.15) is 31.6 Å². The molecule has 8 nitrogen and oxygen atoms in total. The van der Waals surface area contributed by atoms with Crippen LogP contribution in [0.5, 0.6) is 11.5 Å². The number of nitrogens with zero attached hydrogens (tertiary/aromatic N) is 1. The normalized spacial score (nSPS) is 16.7. The molecule has 1 atom stereocenters. The minimum absolute atomic E-state index is 0.0139. The van der Waals surface area contributed by atoms with Crippen LogP contribution >= 0.6 is 0 Å². The zero-order valence-corrected chi connectivity index (χ0v) is 16.4. The van der Waals surface area contributed by atoms with Crippen molar-refractivity contribution in [3.05, 3.63) is 53.5 Å². The minimum Gasteiger partial charge on any atom is -0.493 e. The maximum atomic E-state index is 12.8. The smallest absolute Gasteiger partial charge is 0.331 e. The number of methoxy groups -OCH3 is 1. The fourth-order valence-electron chi connectivity index (χ4n) is 2.73. The first-order valence-electron chi connectivity index (χ1n) is 9.18. The van der Waals surface area contributed by atoms with Gasteiger partial charge in [-0.05, 0) is 49.2 Å². The van der Waals surface area contributed by atoms with Crippen molar-refractivity contribution in [2.45, 2.75) is 32.9 Å². The predicted octanol–water partition coefficient (Wildman–Crippen LogP) is 3.13. The fraction of sp³-hybridized carbons (Fsp3) is 0.286. The van der Waals surface area contributed by atoms with Crippen molar-refractivity contribution in [3.8, 4) is 11.5 Å². The third kappa shape index (κ3) is 4.48. The van der Waals surface area contributed by atoms with Gasteiger partial charge in [0.25, 0.3) is 11.8 Å². The largest absolute Gasteiger partial charge is 0.493 e. The average Bonchev–Trinajstić information content (AvgIpc) is 3.22. The van der Waals surface area contributed by atoms with Gasteiger partial charge in [-0.1, -0.05) is 13.0 Å². The molecule has 2 heterocycles. The highest BCUT2D eigenvalue weighted by Gasteiger charge is 2.36. The maximum Gasteiger partial charge on any atom is 0.331 e. The number of carbonyl (C=O) groups excluding carboxylic acids is 3. The molecule has 0 radical (unpaired) electrons. The van der Waals surface area contributed by atoms with Crippen LogP contribution in [0.3, 0.4) is 0 Å². The van der Waals surface area contributed by atoms with E-state index in [-0.39, 0.29) is 18.2 Å². The number of carbonyl (C=O) groups is 3. The molecule has 3 rings (SSSR count). The average molecular weight is 398 g/mol. The summed E-state index contributed by atoms with van der Waals surface area (Å²) in [4.78, 5) is 38.0. The Morgan fingerprint density at radius 2 is 2.00 bits per heavy atom. The van der Waals surface area contributed by atoms with Gasteiger partial charge in [0.2, 0.25) is 0 Å². The van der Waals surface area contributed by atoms with Crippen LogP contribution in [-0.4, -0.2) is 36.0 Å². The summed E-state index contributed by atoms with van der Waals surface area (Å²) in [7, 11) is 1.51. The Hall–Kier alpha value is -3.55. The summed E-state index contributed by atoms with van der Waals surface area (Å²) < 4.78 is 16.4. The molecule has 1 saturated heterocycles. The summed E-state index contributed by atoms with van der Waals surface area (Å²) in [5.74, 6) is 0.0175. The maximum absolute atomic E-state index is 12.8. The van der Waals surface area contributed by atoms with Crippen LogP contribution in [-0.2, 0) is 16.1 Å². The molecule has 0 saturated carbocycles. The summed E-state index contributed by atoms with van der Waals surface area (Å²) in [6.45, 7) is 3.89. The lowest BCUT2D eigenvalue weighted by molar-refractivity contribution is -0.130. The summed E-state index contributed by atoms with van der Waals surface area (Å²) >= 11 is 0. The molecule has 0 bridgehead atoms. The van der Waals surface area contributed by atoms with Crippen LogP contribution in [0.25, 0.3) is 6.08 Å². The lowest BCUT2D eigenvalue weighted by Crippen LogP contribution is -2.53. The number of furan rings is 1. The highest BCUT2D eigenvalue weighted by atomic mass is 16.5. The highest BCUT2D eigenvalue weighted by Crippen LogP contribution is 2.30.